The molecule has 4 aromatic carbocycles. The predicted octanol–water partition coefficient (Wildman–Crippen LogP) is 6.06. The SMILES string of the molecule is COc1ccc(N2CCN(c3ccc(OC)cc3)CCN(c3cccc(OC)c3)CCN(c3ccc(OC)cc3)CC2)cc1. The smallest absolute Gasteiger partial charge is 0.120 e. The van der Waals surface area contributed by atoms with Crippen LogP contribution in [0.25, 0.3) is 0 Å². The Kier molecular flexibility index (Phi) is 10.6. The van der Waals surface area contributed by atoms with Crippen molar-refractivity contribution < 1.29 is 18.9 Å². The molecule has 8 heteroatoms. The first kappa shape index (κ1) is 30.7. The number of hydrogen-bond donors (Lipinski definition) is 0. The van der Waals surface area contributed by atoms with E-state index in [1.165, 1.54) is 17.1 Å². The van der Waals surface area contributed by atoms with Crippen molar-refractivity contribution in [2.24, 2.45) is 0 Å². The summed E-state index contributed by atoms with van der Waals surface area (Å²) in [5.74, 6) is 3.45. The van der Waals surface area contributed by atoms with Crippen LogP contribution in [0.4, 0.5) is 22.7 Å². The van der Waals surface area contributed by atoms with Crippen molar-refractivity contribution >= 4 is 22.7 Å². The number of benzene rings is 4. The van der Waals surface area contributed by atoms with Crippen LogP contribution in [0.2, 0.25) is 0 Å². The molecule has 44 heavy (non-hydrogen) atoms. The molecule has 0 saturated carbocycles. The lowest BCUT2D eigenvalue weighted by molar-refractivity contribution is 0.414. The van der Waals surface area contributed by atoms with Crippen molar-refractivity contribution in [1.29, 1.82) is 0 Å². The fourth-order valence-corrected chi connectivity index (χ4v) is 5.63. The van der Waals surface area contributed by atoms with E-state index in [1.54, 1.807) is 28.4 Å². The Bertz CT molecular complexity index is 1370. The molecular weight excluding hydrogens is 552 g/mol. The van der Waals surface area contributed by atoms with E-state index in [1.807, 2.05) is 42.5 Å². The topological polar surface area (TPSA) is 49.9 Å². The summed E-state index contributed by atoms with van der Waals surface area (Å²) in [7, 11) is 6.85. The lowest BCUT2D eigenvalue weighted by Gasteiger charge is -2.37. The molecule has 0 amide bonds. The van der Waals surface area contributed by atoms with E-state index in [0.29, 0.717) is 0 Å². The molecule has 0 atom stereocenters. The van der Waals surface area contributed by atoms with E-state index in [2.05, 4.69) is 74.2 Å². The fraction of sp³-hybridized carbons (Fsp3) is 0.333. The second-order valence-corrected chi connectivity index (χ2v) is 10.7. The molecule has 4 aromatic rings. The molecule has 0 spiro atoms. The van der Waals surface area contributed by atoms with Gasteiger partial charge in [0.15, 0.2) is 0 Å². The highest BCUT2D eigenvalue weighted by Crippen LogP contribution is 2.26. The van der Waals surface area contributed by atoms with Crippen LogP contribution in [0.1, 0.15) is 0 Å². The Balaban J connectivity index is 1.47. The van der Waals surface area contributed by atoms with Gasteiger partial charge >= 0.3 is 0 Å². The predicted molar refractivity (Wildman–Crippen MR) is 181 cm³/mol. The molecule has 5 rings (SSSR count). The average molecular weight is 597 g/mol. The molecule has 0 aromatic heterocycles. The summed E-state index contributed by atoms with van der Waals surface area (Å²) in [6, 6.07) is 33.6. The van der Waals surface area contributed by atoms with Crippen LogP contribution >= 0.6 is 0 Å². The molecular formula is C36H44N4O4. The minimum atomic E-state index is 0.859. The molecule has 0 bridgehead atoms. The lowest BCUT2D eigenvalue weighted by atomic mass is 10.2. The molecule has 1 saturated heterocycles. The van der Waals surface area contributed by atoms with Gasteiger partial charge in [0.05, 0.1) is 28.4 Å². The van der Waals surface area contributed by atoms with Crippen LogP contribution in [0, 0.1) is 0 Å². The van der Waals surface area contributed by atoms with Crippen LogP contribution in [0.3, 0.4) is 0 Å². The van der Waals surface area contributed by atoms with Crippen molar-refractivity contribution in [2.45, 2.75) is 0 Å². The summed E-state index contributed by atoms with van der Waals surface area (Å²) in [5, 5.41) is 0. The molecule has 232 valence electrons. The summed E-state index contributed by atoms with van der Waals surface area (Å²) in [6.07, 6.45) is 0. The van der Waals surface area contributed by atoms with Gasteiger partial charge in [-0.15, -0.1) is 0 Å². The van der Waals surface area contributed by atoms with Crippen LogP contribution < -0.4 is 38.5 Å². The van der Waals surface area contributed by atoms with E-state index in [4.69, 9.17) is 18.9 Å². The number of anilines is 4. The Labute approximate surface area is 261 Å². The summed E-state index contributed by atoms with van der Waals surface area (Å²) in [6.45, 7) is 6.92. The Morgan fingerprint density at radius 1 is 0.341 bits per heavy atom. The molecule has 0 aliphatic carbocycles. The lowest BCUT2D eigenvalue weighted by Crippen LogP contribution is -2.46. The molecule has 1 aliphatic heterocycles. The third-order valence-electron chi connectivity index (χ3n) is 8.29. The number of methoxy groups -OCH3 is 4. The zero-order chi connectivity index (χ0) is 30.7. The van der Waals surface area contributed by atoms with Crippen LogP contribution in [0.15, 0.2) is 97.1 Å². The van der Waals surface area contributed by atoms with Gasteiger partial charge in [-0.3, -0.25) is 0 Å². The maximum absolute atomic E-state index is 5.59. The number of ether oxygens (including phenoxy) is 4. The highest BCUT2D eigenvalue weighted by atomic mass is 16.5. The third-order valence-corrected chi connectivity index (χ3v) is 8.29. The van der Waals surface area contributed by atoms with Crippen molar-refractivity contribution in [1.82, 2.24) is 0 Å². The van der Waals surface area contributed by atoms with E-state index < -0.39 is 0 Å². The van der Waals surface area contributed by atoms with Crippen molar-refractivity contribution in [2.75, 3.05) is 100 Å². The quantitative estimate of drug-likeness (QED) is 0.243. The second kappa shape index (κ2) is 15.1. The molecule has 1 fully saturated rings. The largest absolute Gasteiger partial charge is 0.497 e. The summed E-state index contributed by atoms with van der Waals surface area (Å²) in [5.41, 5.74) is 4.71. The first-order valence-electron chi connectivity index (χ1n) is 15.2. The maximum Gasteiger partial charge on any atom is 0.120 e. The van der Waals surface area contributed by atoms with Gasteiger partial charge in [-0.25, -0.2) is 0 Å². The van der Waals surface area contributed by atoms with Gasteiger partial charge in [0.2, 0.25) is 0 Å². The third kappa shape index (κ3) is 7.81. The Morgan fingerprint density at radius 2 is 0.636 bits per heavy atom. The number of hydrogen-bond acceptors (Lipinski definition) is 8. The summed E-state index contributed by atoms with van der Waals surface area (Å²) < 4.78 is 21.9. The molecule has 0 radical (unpaired) electrons. The van der Waals surface area contributed by atoms with Gasteiger partial charge in [-0.05, 0) is 84.9 Å². The number of rotatable bonds is 8. The van der Waals surface area contributed by atoms with Crippen LogP contribution in [-0.2, 0) is 0 Å². The molecule has 8 nitrogen and oxygen atoms in total. The van der Waals surface area contributed by atoms with E-state index in [0.717, 1.165) is 81.0 Å². The number of nitrogens with zero attached hydrogens (tertiary/aromatic N) is 4. The molecule has 1 heterocycles. The highest BCUT2D eigenvalue weighted by molar-refractivity contribution is 5.56. The monoisotopic (exact) mass is 596 g/mol. The molecule has 0 N–H and O–H groups in total. The fourth-order valence-electron chi connectivity index (χ4n) is 5.63. The van der Waals surface area contributed by atoms with Crippen LogP contribution in [-0.4, -0.2) is 80.8 Å². The van der Waals surface area contributed by atoms with Gasteiger partial charge in [-0.1, -0.05) is 6.07 Å². The van der Waals surface area contributed by atoms with Crippen LogP contribution in [0.5, 0.6) is 23.0 Å². The molecule has 0 unspecified atom stereocenters. The van der Waals surface area contributed by atoms with Gasteiger partial charge < -0.3 is 38.5 Å². The first-order chi connectivity index (χ1) is 21.6. The van der Waals surface area contributed by atoms with Crippen molar-refractivity contribution in [3.63, 3.8) is 0 Å². The normalized spacial score (nSPS) is 14.8. The van der Waals surface area contributed by atoms with E-state index >= 15 is 0 Å². The van der Waals surface area contributed by atoms with Gasteiger partial charge in [-0.2, -0.15) is 0 Å². The van der Waals surface area contributed by atoms with Gasteiger partial charge in [0, 0.05) is 81.2 Å². The highest BCUT2D eigenvalue weighted by Gasteiger charge is 2.19. The Morgan fingerprint density at radius 3 is 0.932 bits per heavy atom. The van der Waals surface area contributed by atoms with Crippen molar-refractivity contribution in [3.05, 3.63) is 97.1 Å². The minimum absolute atomic E-state index is 0.859. The first-order valence-corrected chi connectivity index (χ1v) is 15.2. The van der Waals surface area contributed by atoms with Gasteiger partial charge in [0.1, 0.15) is 23.0 Å². The molecule has 1 aliphatic rings. The average Bonchev–Trinajstić information content (AvgIpc) is 3.09. The van der Waals surface area contributed by atoms with E-state index in [-0.39, 0.29) is 0 Å². The minimum Gasteiger partial charge on any atom is -0.497 e. The van der Waals surface area contributed by atoms with Gasteiger partial charge in [0.25, 0.3) is 0 Å². The second-order valence-electron chi connectivity index (χ2n) is 10.7. The summed E-state index contributed by atoms with van der Waals surface area (Å²) in [4.78, 5) is 9.91. The standard InChI is InChI=1S/C36H44N4O4/c1-41-33-14-8-29(9-15-33)37-20-22-38(30-10-16-34(42-2)17-11-30)24-26-40(32-6-5-7-36(28-32)44-4)27-25-39(23-21-37)31-12-18-35(43-3)19-13-31/h5-19,28H,20-27H2,1-4H3. The Hall–Kier alpha value is -4.72. The zero-order valence-corrected chi connectivity index (χ0v) is 26.3. The zero-order valence-electron chi connectivity index (χ0n) is 26.3. The maximum atomic E-state index is 5.59. The van der Waals surface area contributed by atoms with E-state index in [9.17, 15) is 0 Å². The van der Waals surface area contributed by atoms with Crippen molar-refractivity contribution in [3.8, 4) is 23.0 Å². The summed E-state index contributed by atoms with van der Waals surface area (Å²) >= 11 is 0.